The Hall–Kier alpha value is -3.01. The number of ether oxygens (including phenoxy) is 1. The van der Waals surface area contributed by atoms with Crippen LogP contribution in [0.3, 0.4) is 0 Å². The quantitative estimate of drug-likeness (QED) is 0.407. The molecule has 3 aromatic rings. The number of nitrogens with one attached hydrogen (secondary N) is 1. The first-order valence-corrected chi connectivity index (χ1v) is 12.4. The Labute approximate surface area is 206 Å². The maximum absolute atomic E-state index is 13.4. The van der Waals surface area contributed by atoms with Crippen LogP contribution in [0.1, 0.15) is 36.9 Å². The molecule has 0 saturated carbocycles. The van der Waals surface area contributed by atoms with Gasteiger partial charge in [0.25, 0.3) is 11.5 Å². The van der Waals surface area contributed by atoms with Crippen LogP contribution in [0.15, 0.2) is 64.4 Å². The van der Waals surface area contributed by atoms with E-state index in [1.54, 1.807) is 29.3 Å². The van der Waals surface area contributed by atoms with E-state index in [9.17, 15) is 9.59 Å². The largest absolute Gasteiger partial charge is 0.376 e. The Morgan fingerprint density at radius 1 is 1.24 bits per heavy atom. The summed E-state index contributed by atoms with van der Waals surface area (Å²) in [4.78, 5) is 33.4. The third-order valence-electron chi connectivity index (χ3n) is 6.06. The molecule has 5 rings (SSSR count). The molecule has 34 heavy (non-hydrogen) atoms. The van der Waals surface area contributed by atoms with Crippen molar-refractivity contribution in [2.24, 2.45) is 0 Å². The van der Waals surface area contributed by atoms with Gasteiger partial charge in [-0.1, -0.05) is 60.4 Å². The zero-order valence-corrected chi connectivity index (χ0v) is 20.3. The van der Waals surface area contributed by atoms with Gasteiger partial charge in [0.15, 0.2) is 0 Å². The number of thioether (sulfide) groups is 1. The molecular weight excluding hydrogens is 468 g/mol. The van der Waals surface area contributed by atoms with E-state index >= 15 is 0 Å². The van der Waals surface area contributed by atoms with E-state index < -0.39 is 0 Å². The van der Waals surface area contributed by atoms with Crippen LogP contribution in [0.2, 0.25) is 0 Å². The summed E-state index contributed by atoms with van der Waals surface area (Å²) in [5.74, 6) is 0.224. The highest BCUT2D eigenvalue weighted by molar-refractivity contribution is 8.26. The number of pyridine rings is 1. The van der Waals surface area contributed by atoms with E-state index in [-0.39, 0.29) is 23.6 Å². The van der Waals surface area contributed by atoms with Crippen molar-refractivity contribution in [3.05, 3.63) is 81.1 Å². The molecule has 4 heterocycles. The third-order valence-corrected chi connectivity index (χ3v) is 7.39. The van der Waals surface area contributed by atoms with E-state index in [1.165, 1.54) is 16.2 Å². The van der Waals surface area contributed by atoms with Gasteiger partial charge in [0, 0.05) is 19.3 Å². The molecule has 0 unspecified atom stereocenters. The number of carbonyl (C=O) groups excluding carboxylic acids is 1. The SMILES string of the molecule is C[C@@H](c1ccccc1)N1C(=O)/C(=C\c2c(NC[C@@H]3CCCO3)nc3ccccn3c2=O)SC1=S. The molecule has 1 N–H and O–H groups in total. The molecule has 2 aliphatic rings. The highest BCUT2D eigenvalue weighted by Gasteiger charge is 2.36. The van der Waals surface area contributed by atoms with Crippen LogP contribution in [0.4, 0.5) is 5.82 Å². The molecule has 2 fully saturated rings. The minimum absolute atomic E-state index is 0.0776. The predicted octanol–water partition coefficient (Wildman–Crippen LogP) is 4.25. The molecule has 2 aliphatic heterocycles. The molecule has 1 amide bonds. The van der Waals surface area contributed by atoms with Crippen molar-refractivity contribution < 1.29 is 9.53 Å². The van der Waals surface area contributed by atoms with Crippen molar-refractivity contribution in [2.45, 2.75) is 31.9 Å². The van der Waals surface area contributed by atoms with Crippen LogP contribution >= 0.6 is 24.0 Å². The van der Waals surface area contributed by atoms with Crippen molar-refractivity contribution in [2.75, 3.05) is 18.5 Å². The Kier molecular flexibility index (Phi) is 6.49. The van der Waals surface area contributed by atoms with Gasteiger partial charge >= 0.3 is 0 Å². The number of rotatable bonds is 6. The Balaban J connectivity index is 1.51. The van der Waals surface area contributed by atoms with Gasteiger partial charge in [-0.15, -0.1) is 0 Å². The average Bonchev–Trinajstić information content (AvgIpc) is 3.47. The van der Waals surface area contributed by atoms with Gasteiger partial charge in [-0.05, 0) is 43.5 Å². The Bertz CT molecular complexity index is 1330. The fourth-order valence-electron chi connectivity index (χ4n) is 4.21. The number of hydrogen-bond donors (Lipinski definition) is 1. The van der Waals surface area contributed by atoms with Crippen molar-refractivity contribution >= 4 is 51.7 Å². The number of amides is 1. The van der Waals surface area contributed by atoms with Crippen molar-refractivity contribution in [1.82, 2.24) is 14.3 Å². The van der Waals surface area contributed by atoms with E-state index in [0.29, 0.717) is 32.8 Å². The van der Waals surface area contributed by atoms with Gasteiger partial charge in [-0.2, -0.15) is 0 Å². The van der Waals surface area contributed by atoms with Gasteiger partial charge < -0.3 is 10.1 Å². The number of nitrogens with zero attached hydrogens (tertiary/aromatic N) is 3. The molecule has 2 aromatic heterocycles. The summed E-state index contributed by atoms with van der Waals surface area (Å²) < 4.78 is 7.66. The minimum atomic E-state index is -0.248. The molecule has 0 radical (unpaired) electrons. The smallest absolute Gasteiger partial charge is 0.267 e. The first-order valence-electron chi connectivity index (χ1n) is 11.2. The molecule has 174 valence electrons. The Morgan fingerprint density at radius 3 is 2.79 bits per heavy atom. The fourth-order valence-corrected chi connectivity index (χ4v) is 5.61. The number of fused-ring (bicyclic) bond motifs is 1. The summed E-state index contributed by atoms with van der Waals surface area (Å²) in [6.45, 7) is 3.24. The molecular formula is C25H24N4O3S2. The number of anilines is 1. The second-order valence-electron chi connectivity index (χ2n) is 8.26. The molecule has 0 aliphatic carbocycles. The molecule has 2 saturated heterocycles. The van der Waals surface area contributed by atoms with E-state index in [2.05, 4.69) is 10.3 Å². The average molecular weight is 493 g/mol. The maximum atomic E-state index is 13.4. The number of carbonyl (C=O) groups is 1. The first-order chi connectivity index (χ1) is 16.5. The summed E-state index contributed by atoms with van der Waals surface area (Å²) >= 11 is 6.76. The zero-order chi connectivity index (χ0) is 23.7. The lowest BCUT2D eigenvalue weighted by atomic mass is 10.1. The highest BCUT2D eigenvalue weighted by atomic mass is 32.2. The number of hydrogen-bond acceptors (Lipinski definition) is 7. The normalized spacial score (nSPS) is 20.4. The van der Waals surface area contributed by atoms with Crippen LogP contribution in [-0.2, 0) is 9.53 Å². The standard InChI is InChI=1S/C25H24N4O3S2/c1-16(17-8-3-2-4-9-17)29-24(31)20(34-25(29)33)14-19-22(26-15-18-10-7-13-32-18)27-21-11-5-6-12-28(21)23(19)30/h2-6,8-9,11-12,14,16,18,26H,7,10,13,15H2,1H3/b20-14+/t16-,18-/m0/s1. The Morgan fingerprint density at radius 2 is 2.03 bits per heavy atom. The molecule has 0 bridgehead atoms. The second kappa shape index (κ2) is 9.69. The second-order valence-corrected chi connectivity index (χ2v) is 9.94. The maximum Gasteiger partial charge on any atom is 0.267 e. The van der Waals surface area contributed by atoms with Crippen LogP contribution in [-0.4, -0.2) is 43.8 Å². The number of thiocarbonyl (C=S) groups is 1. The summed E-state index contributed by atoms with van der Waals surface area (Å²) in [6.07, 6.45) is 5.35. The van der Waals surface area contributed by atoms with Crippen LogP contribution in [0.5, 0.6) is 0 Å². The van der Waals surface area contributed by atoms with Gasteiger partial charge in [0.05, 0.1) is 22.6 Å². The van der Waals surface area contributed by atoms with Crippen LogP contribution in [0, 0.1) is 0 Å². The molecule has 0 spiro atoms. The summed E-state index contributed by atoms with van der Waals surface area (Å²) in [7, 11) is 0. The lowest BCUT2D eigenvalue weighted by Crippen LogP contribution is -2.31. The van der Waals surface area contributed by atoms with Crippen molar-refractivity contribution in [3.63, 3.8) is 0 Å². The fraction of sp³-hybridized carbons (Fsp3) is 0.280. The van der Waals surface area contributed by atoms with Gasteiger partial charge in [-0.25, -0.2) is 4.98 Å². The summed E-state index contributed by atoms with van der Waals surface area (Å²) in [5.41, 5.74) is 1.60. The van der Waals surface area contributed by atoms with E-state index in [0.717, 1.165) is 25.0 Å². The van der Waals surface area contributed by atoms with Crippen molar-refractivity contribution in [3.8, 4) is 0 Å². The topological polar surface area (TPSA) is 75.9 Å². The van der Waals surface area contributed by atoms with Gasteiger partial charge in [0.1, 0.15) is 15.8 Å². The molecule has 2 atom stereocenters. The van der Waals surface area contributed by atoms with Crippen LogP contribution in [0.25, 0.3) is 11.7 Å². The zero-order valence-electron chi connectivity index (χ0n) is 18.6. The number of aromatic nitrogens is 2. The van der Waals surface area contributed by atoms with Crippen molar-refractivity contribution in [1.29, 1.82) is 0 Å². The van der Waals surface area contributed by atoms with E-state index in [1.807, 2.05) is 43.3 Å². The molecule has 9 heteroatoms. The first kappa shape index (κ1) is 22.8. The molecule has 7 nitrogen and oxygen atoms in total. The molecule has 1 aromatic carbocycles. The summed E-state index contributed by atoms with van der Waals surface area (Å²) in [5, 5.41) is 3.29. The lowest BCUT2D eigenvalue weighted by Gasteiger charge is -2.23. The lowest BCUT2D eigenvalue weighted by molar-refractivity contribution is -0.123. The summed E-state index contributed by atoms with van der Waals surface area (Å²) in [6, 6.07) is 14.9. The third kappa shape index (κ3) is 4.38. The predicted molar refractivity (Wildman–Crippen MR) is 139 cm³/mol. The number of benzene rings is 1. The van der Waals surface area contributed by atoms with E-state index in [4.69, 9.17) is 17.0 Å². The monoisotopic (exact) mass is 492 g/mol. The van der Waals surface area contributed by atoms with Gasteiger partial charge in [-0.3, -0.25) is 18.9 Å². The minimum Gasteiger partial charge on any atom is -0.376 e. The highest BCUT2D eigenvalue weighted by Crippen LogP contribution is 2.38. The van der Waals surface area contributed by atoms with Crippen LogP contribution < -0.4 is 10.9 Å². The van der Waals surface area contributed by atoms with Gasteiger partial charge in [0.2, 0.25) is 0 Å².